The summed E-state index contributed by atoms with van der Waals surface area (Å²) in [5, 5.41) is 0. The van der Waals surface area contributed by atoms with Crippen LogP contribution in [-0.2, 0) is 21.3 Å². The number of rotatable bonds is 8. The fourth-order valence-electron chi connectivity index (χ4n) is 3.26. The Kier molecular flexibility index (Phi) is 7.05. The molecule has 8 heteroatoms. The second-order valence-electron chi connectivity index (χ2n) is 7.02. The van der Waals surface area contributed by atoms with E-state index in [2.05, 4.69) is 0 Å². The molecule has 3 aromatic carbocycles. The number of sulfonamides is 1. The minimum Gasteiger partial charge on any atom is -0.493 e. The molecule has 0 saturated heterocycles. The van der Waals surface area contributed by atoms with Crippen molar-refractivity contribution in [3.05, 3.63) is 83.4 Å². The van der Waals surface area contributed by atoms with Gasteiger partial charge in [0.25, 0.3) is 10.0 Å². The molecule has 0 N–H and O–H groups in total. The SMILES string of the molecule is COC(=O)c1ccccc1N(Cc1ccc(OC)c(OC)c1)S(=O)(=O)c1ccc(C)cc1. The first-order chi connectivity index (χ1) is 15.3. The van der Waals surface area contributed by atoms with E-state index in [4.69, 9.17) is 14.2 Å². The molecule has 0 aliphatic rings. The lowest BCUT2D eigenvalue weighted by Crippen LogP contribution is -2.32. The van der Waals surface area contributed by atoms with Crippen LogP contribution < -0.4 is 13.8 Å². The number of methoxy groups -OCH3 is 3. The molecule has 3 aromatic rings. The Morgan fingerprint density at radius 1 is 0.875 bits per heavy atom. The van der Waals surface area contributed by atoms with Crippen LogP contribution in [0.1, 0.15) is 21.5 Å². The molecule has 3 rings (SSSR count). The molecule has 0 fully saturated rings. The van der Waals surface area contributed by atoms with E-state index in [1.54, 1.807) is 60.7 Å². The lowest BCUT2D eigenvalue weighted by molar-refractivity contribution is 0.0601. The third-order valence-corrected chi connectivity index (χ3v) is 6.74. The van der Waals surface area contributed by atoms with Gasteiger partial charge in [-0.15, -0.1) is 0 Å². The first kappa shape index (κ1) is 23.1. The number of esters is 1. The smallest absolute Gasteiger partial charge is 0.340 e. The number of benzene rings is 3. The minimum atomic E-state index is -4.02. The van der Waals surface area contributed by atoms with Crippen molar-refractivity contribution in [3.63, 3.8) is 0 Å². The first-order valence-corrected chi connectivity index (χ1v) is 11.2. The Balaban J connectivity index is 2.17. The van der Waals surface area contributed by atoms with Crippen LogP contribution in [0.2, 0.25) is 0 Å². The zero-order chi connectivity index (χ0) is 23.3. The molecule has 0 atom stereocenters. The molecule has 0 spiro atoms. The highest BCUT2D eigenvalue weighted by Gasteiger charge is 2.29. The van der Waals surface area contributed by atoms with Crippen molar-refractivity contribution >= 4 is 21.7 Å². The first-order valence-electron chi connectivity index (χ1n) is 9.79. The van der Waals surface area contributed by atoms with Gasteiger partial charge in [0.1, 0.15) is 0 Å². The van der Waals surface area contributed by atoms with Gasteiger partial charge in [0.15, 0.2) is 11.5 Å². The molecule has 32 heavy (non-hydrogen) atoms. The van der Waals surface area contributed by atoms with Gasteiger partial charge in [-0.2, -0.15) is 0 Å². The third-order valence-electron chi connectivity index (χ3n) is 4.96. The van der Waals surface area contributed by atoms with Crippen LogP contribution >= 0.6 is 0 Å². The summed E-state index contributed by atoms with van der Waals surface area (Å²) >= 11 is 0. The molecular weight excluding hydrogens is 430 g/mol. The second-order valence-corrected chi connectivity index (χ2v) is 8.89. The highest BCUT2D eigenvalue weighted by molar-refractivity contribution is 7.92. The van der Waals surface area contributed by atoms with Crippen LogP contribution in [-0.4, -0.2) is 35.7 Å². The average Bonchev–Trinajstić information content (AvgIpc) is 2.82. The number of ether oxygens (including phenoxy) is 3. The van der Waals surface area contributed by atoms with Crippen LogP contribution in [0.15, 0.2) is 71.6 Å². The molecule has 0 aliphatic heterocycles. The number of hydrogen-bond acceptors (Lipinski definition) is 6. The molecule has 0 aromatic heterocycles. The van der Waals surface area contributed by atoms with Gasteiger partial charge >= 0.3 is 5.97 Å². The maximum atomic E-state index is 13.7. The molecule has 7 nitrogen and oxygen atoms in total. The summed E-state index contributed by atoms with van der Waals surface area (Å²) in [6.07, 6.45) is 0. The van der Waals surface area contributed by atoms with Crippen molar-refractivity contribution in [2.75, 3.05) is 25.6 Å². The summed E-state index contributed by atoms with van der Waals surface area (Å²) < 4.78 is 44.1. The Bertz CT molecular complexity index is 1210. The van der Waals surface area contributed by atoms with E-state index >= 15 is 0 Å². The number of nitrogens with zero attached hydrogens (tertiary/aromatic N) is 1. The van der Waals surface area contributed by atoms with E-state index in [1.165, 1.54) is 31.7 Å². The minimum absolute atomic E-state index is 0.0371. The predicted octanol–water partition coefficient (Wildman–Crippen LogP) is 4.19. The largest absolute Gasteiger partial charge is 0.493 e. The van der Waals surface area contributed by atoms with Crippen LogP contribution in [0.25, 0.3) is 0 Å². The van der Waals surface area contributed by atoms with E-state index in [0.717, 1.165) is 5.56 Å². The van der Waals surface area contributed by atoms with Crippen molar-refractivity contribution in [3.8, 4) is 11.5 Å². The Hall–Kier alpha value is -3.52. The van der Waals surface area contributed by atoms with E-state index in [-0.39, 0.29) is 22.7 Å². The van der Waals surface area contributed by atoms with Crippen molar-refractivity contribution in [2.45, 2.75) is 18.4 Å². The summed E-state index contributed by atoms with van der Waals surface area (Å²) in [5.74, 6) is 0.370. The monoisotopic (exact) mass is 455 g/mol. The molecule has 0 aliphatic carbocycles. The summed E-state index contributed by atoms with van der Waals surface area (Å²) in [5.41, 5.74) is 1.95. The van der Waals surface area contributed by atoms with Gasteiger partial charge in [0.05, 0.1) is 44.0 Å². The predicted molar refractivity (Wildman–Crippen MR) is 122 cm³/mol. The average molecular weight is 456 g/mol. The number of carbonyl (C=O) groups excluding carboxylic acids is 1. The summed E-state index contributed by atoms with van der Waals surface area (Å²) in [7, 11) is 0.276. The van der Waals surface area contributed by atoms with Crippen molar-refractivity contribution < 1.29 is 27.4 Å². The molecule has 0 bridgehead atoms. The van der Waals surface area contributed by atoms with E-state index in [0.29, 0.717) is 17.1 Å². The van der Waals surface area contributed by atoms with Crippen molar-refractivity contribution in [1.82, 2.24) is 0 Å². The van der Waals surface area contributed by atoms with Crippen LogP contribution in [0.5, 0.6) is 11.5 Å². The fourth-order valence-corrected chi connectivity index (χ4v) is 4.73. The molecule has 0 amide bonds. The Labute approximate surface area is 188 Å². The van der Waals surface area contributed by atoms with Gasteiger partial charge in [-0.3, -0.25) is 4.31 Å². The number of carbonyl (C=O) groups is 1. The quantitative estimate of drug-likeness (QED) is 0.474. The van der Waals surface area contributed by atoms with Gasteiger partial charge in [0, 0.05) is 0 Å². The molecule has 168 valence electrons. The van der Waals surface area contributed by atoms with Crippen LogP contribution in [0, 0.1) is 6.92 Å². The normalized spacial score (nSPS) is 11.0. The number of aryl methyl sites for hydroxylation is 1. The van der Waals surface area contributed by atoms with Gasteiger partial charge < -0.3 is 14.2 Å². The van der Waals surface area contributed by atoms with E-state index < -0.39 is 16.0 Å². The van der Waals surface area contributed by atoms with Crippen LogP contribution in [0.4, 0.5) is 5.69 Å². The lowest BCUT2D eigenvalue weighted by Gasteiger charge is -2.26. The highest BCUT2D eigenvalue weighted by atomic mass is 32.2. The maximum Gasteiger partial charge on any atom is 0.340 e. The molecule has 0 radical (unpaired) electrons. The summed E-state index contributed by atoms with van der Waals surface area (Å²) in [6.45, 7) is 1.84. The Morgan fingerprint density at radius 3 is 2.16 bits per heavy atom. The van der Waals surface area contributed by atoms with Gasteiger partial charge in [-0.1, -0.05) is 35.9 Å². The number of anilines is 1. The molecule has 0 heterocycles. The second kappa shape index (κ2) is 9.74. The lowest BCUT2D eigenvalue weighted by atomic mass is 10.1. The fraction of sp³-hybridized carbons (Fsp3) is 0.208. The van der Waals surface area contributed by atoms with Gasteiger partial charge in [-0.05, 0) is 48.9 Å². The van der Waals surface area contributed by atoms with Crippen molar-refractivity contribution in [2.24, 2.45) is 0 Å². The van der Waals surface area contributed by atoms with Crippen LogP contribution in [0.3, 0.4) is 0 Å². The molecule has 0 saturated carbocycles. The molecular formula is C24H25NO6S. The summed E-state index contributed by atoms with van der Waals surface area (Å²) in [6, 6.07) is 18.2. The molecule has 0 unspecified atom stereocenters. The Morgan fingerprint density at radius 2 is 1.53 bits per heavy atom. The third kappa shape index (κ3) is 4.70. The van der Waals surface area contributed by atoms with E-state index in [9.17, 15) is 13.2 Å². The zero-order valence-corrected chi connectivity index (χ0v) is 19.2. The standard InChI is InChI=1S/C24H25NO6S/c1-17-9-12-19(13-10-17)32(27,28)25(21-8-6-5-7-20(21)24(26)31-4)16-18-11-14-22(29-2)23(15-18)30-3/h5-15H,16H2,1-4H3. The zero-order valence-electron chi connectivity index (χ0n) is 18.4. The van der Waals surface area contributed by atoms with E-state index in [1.807, 2.05) is 6.92 Å². The van der Waals surface area contributed by atoms with Gasteiger partial charge in [-0.25, -0.2) is 13.2 Å². The number of hydrogen-bond donors (Lipinski definition) is 0. The van der Waals surface area contributed by atoms with Crippen molar-refractivity contribution in [1.29, 1.82) is 0 Å². The number of para-hydroxylation sites is 1. The topological polar surface area (TPSA) is 82.1 Å². The highest BCUT2D eigenvalue weighted by Crippen LogP contribution is 2.32. The maximum absolute atomic E-state index is 13.7. The summed E-state index contributed by atoms with van der Waals surface area (Å²) in [4.78, 5) is 12.5. The van der Waals surface area contributed by atoms with Gasteiger partial charge in [0.2, 0.25) is 0 Å².